The average Bonchev–Trinajstić information content (AvgIpc) is 2.99. The zero-order valence-corrected chi connectivity index (χ0v) is 17.8. The first-order valence-corrected chi connectivity index (χ1v) is 8.51. The number of hydrogen-bond acceptors (Lipinski definition) is 3. The fourth-order valence-electron chi connectivity index (χ4n) is 1.87. The van der Waals surface area contributed by atoms with Gasteiger partial charge in [0.15, 0.2) is 5.96 Å². The third-order valence-corrected chi connectivity index (χ3v) is 4.53. The van der Waals surface area contributed by atoms with E-state index in [0.717, 1.165) is 12.5 Å². The molecule has 1 rings (SSSR count). The summed E-state index contributed by atoms with van der Waals surface area (Å²) in [5.74, 6) is 0.876. The molecule has 7 heteroatoms. The molecule has 0 fully saturated rings. The van der Waals surface area contributed by atoms with Crippen molar-refractivity contribution in [3.05, 3.63) is 22.4 Å². The molecule has 0 atom stereocenters. The second kappa shape index (κ2) is 10.9. The van der Waals surface area contributed by atoms with Crippen molar-refractivity contribution >= 4 is 47.2 Å². The molecular weight excluding hydrogens is 423 g/mol. The molecule has 0 bridgehead atoms. The smallest absolute Gasteiger partial charge is 0.223 e. The summed E-state index contributed by atoms with van der Waals surface area (Å²) in [7, 11) is 3.54. The van der Waals surface area contributed by atoms with Gasteiger partial charge in [-0.15, -0.1) is 35.3 Å². The van der Waals surface area contributed by atoms with Crippen LogP contribution < -0.4 is 10.6 Å². The maximum absolute atomic E-state index is 11.6. The summed E-state index contributed by atoms with van der Waals surface area (Å²) in [6.07, 6.45) is 0.464. The molecule has 0 aliphatic heterocycles. The van der Waals surface area contributed by atoms with Gasteiger partial charge in [-0.3, -0.25) is 9.79 Å². The van der Waals surface area contributed by atoms with E-state index in [1.165, 1.54) is 4.88 Å². The molecule has 132 valence electrons. The summed E-state index contributed by atoms with van der Waals surface area (Å²) < 4.78 is 0. The zero-order valence-electron chi connectivity index (χ0n) is 14.7. The minimum Gasteiger partial charge on any atom is -0.357 e. The largest absolute Gasteiger partial charge is 0.357 e. The van der Waals surface area contributed by atoms with Crippen LogP contribution in [0.2, 0.25) is 0 Å². The summed E-state index contributed by atoms with van der Waals surface area (Å²) in [5, 5.41) is 8.53. The lowest BCUT2D eigenvalue weighted by molar-refractivity contribution is -0.128. The van der Waals surface area contributed by atoms with Gasteiger partial charge in [-0.2, -0.15) is 0 Å². The first-order valence-electron chi connectivity index (χ1n) is 7.63. The highest BCUT2D eigenvalue weighted by molar-refractivity contribution is 14.0. The van der Waals surface area contributed by atoms with Crippen molar-refractivity contribution in [3.8, 4) is 0 Å². The SMILES string of the molecule is CCNC(=NCC(C)(C)c1cccs1)NCCC(=O)N(C)C.I. The van der Waals surface area contributed by atoms with Crippen LogP contribution in [0.4, 0.5) is 0 Å². The third kappa shape index (κ3) is 8.01. The van der Waals surface area contributed by atoms with Crippen LogP contribution in [-0.2, 0) is 10.2 Å². The van der Waals surface area contributed by atoms with E-state index in [2.05, 4.69) is 47.0 Å². The van der Waals surface area contributed by atoms with Crippen LogP contribution in [-0.4, -0.2) is 50.5 Å². The number of guanidine groups is 1. The molecule has 0 aliphatic rings. The Morgan fingerprint density at radius 1 is 1.35 bits per heavy atom. The Kier molecular flexibility index (Phi) is 10.5. The molecule has 0 saturated heterocycles. The molecule has 1 heterocycles. The molecule has 1 aromatic heterocycles. The molecule has 5 nitrogen and oxygen atoms in total. The summed E-state index contributed by atoms with van der Waals surface area (Å²) in [6.45, 7) is 8.51. The third-order valence-electron chi connectivity index (χ3n) is 3.29. The Morgan fingerprint density at radius 3 is 2.57 bits per heavy atom. The van der Waals surface area contributed by atoms with Gasteiger partial charge in [-0.1, -0.05) is 19.9 Å². The van der Waals surface area contributed by atoms with Crippen LogP contribution in [0.15, 0.2) is 22.5 Å². The molecule has 0 radical (unpaired) electrons. The number of nitrogens with one attached hydrogen (secondary N) is 2. The molecule has 0 aliphatic carbocycles. The molecule has 0 saturated carbocycles. The predicted molar refractivity (Wildman–Crippen MR) is 110 cm³/mol. The fraction of sp³-hybridized carbons (Fsp3) is 0.625. The van der Waals surface area contributed by atoms with Gasteiger partial charge in [0.05, 0.1) is 6.54 Å². The highest BCUT2D eigenvalue weighted by atomic mass is 127. The highest BCUT2D eigenvalue weighted by Crippen LogP contribution is 2.27. The second-order valence-electron chi connectivity index (χ2n) is 6.02. The quantitative estimate of drug-likeness (QED) is 0.380. The van der Waals surface area contributed by atoms with Crippen LogP contribution in [0.25, 0.3) is 0 Å². The maximum atomic E-state index is 11.6. The molecule has 0 unspecified atom stereocenters. The van der Waals surface area contributed by atoms with E-state index in [1.807, 2.05) is 6.92 Å². The van der Waals surface area contributed by atoms with Crippen molar-refractivity contribution in [2.75, 3.05) is 33.7 Å². The summed E-state index contributed by atoms with van der Waals surface area (Å²) in [5.41, 5.74) is 0.00989. The van der Waals surface area contributed by atoms with Crippen molar-refractivity contribution in [2.24, 2.45) is 4.99 Å². The van der Waals surface area contributed by atoms with Crippen molar-refractivity contribution in [2.45, 2.75) is 32.6 Å². The molecule has 23 heavy (non-hydrogen) atoms. The fourth-order valence-corrected chi connectivity index (χ4v) is 2.72. The number of amides is 1. The lowest BCUT2D eigenvalue weighted by Crippen LogP contribution is -2.40. The van der Waals surface area contributed by atoms with Crippen LogP contribution in [0.1, 0.15) is 32.1 Å². The Hall–Kier alpha value is -0.830. The van der Waals surface area contributed by atoms with E-state index in [-0.39, 0.29) is 35.3 Å². The first kappa shape index (κ1) is 22.2. The van der Waals surface area contributed by atoms with Crippen LogP contribution in [0, 0.1) is 0 Å². The Morgan fingerprint density at radius 2 is 2.04 bits per heavy atom. The average molecular weight is 452 g/mol. The monoisotopic (exact) mass is 452 g/mol. The number of rotatable bonds is 7. The lowest BCUT2D eigenvalue weighted by atomic mass is 9.92. The number of thiophene rings is 1. The summed E-state index contributed by atoms with van der Waals surface area (Å²) >= 11 is 1.76. The summed E-state index contributed by atoms with van der Waals surface area (Å²) in [4.78, 5) is 19.2. The number of halogens is 1. The standard InChI is InChI=1S/C16H28N4OS.HI/c1-6-17-15(18-10-9-14(21)20(4)5)19-12-16(2,3)13-8-7-11-22-13;/h7-8,11H,6,9-10,12H2,1-5H3,(H2,17,18,19);1H. The Bertz CT molecular complexity index is 486. The van der Waals surface area contributed by atoms with Crippen molar-refractivity contribution in [3.63, 3.8) is 0 Å². The number of carbonyl (C=O) groups excluding carboxylic acids is 1. The normalized spacial score (nSPS) is 11.6. The van der Waals surface area contributed by atoms with Gasteiger partial charge in [0.2, 0.25) is 5.91 Å². The minimum absolute atomic E-state index is 0. The van der Waals surface area contributed by atoms with Gasteiger partial charge in [0, 0.05) is 43.9 Å². The molecular formula is C16H29IN4OS. The first-order chi connectivity index (χ1) is 10.4. The van der Waals surface area contributed by atoms with Crippen LogP contribution in [0.5, 0.6) is 0 Å². The molecule has 2 N–H and O–H groups in total. The van der Waals surface area contributed by atoms with Crippen LogP contribution in [0.3, 0.4) is 0 Å². The van der Waals surface area contributed by atoms with Crippen LogP contribution >= 0.6 is 35.3 Å². The summed E-state index contributed by atoms with van der Waals surface area (Å²) in [6, 6.07) is 4.22. The van der Waals surface area contributed by atoms with E-state index in [1.54, 1.807) is 30.3 Å². The van der Waals surface area contributed by atoms with Crippen molar-refractivity contribution in [1.82, 2.24) is 15.5 Å². The number of aliphatic imine (C=N–C) groups is 1. The van der Waals surface area contributed by atoms with Gasteiger partial charge in [-0.05, 0) is 18.4 Å². The number of hydrogen-bond donors (Lipinski definition) is 2. The van der Waals surface area contributed by atoms with E-state index in [9.17, 15) is 4.79 Å². The van der Waals surface area contributed by atoms with Gasteiger partial charge in [0.1, 0.15) is 0 Å². The zero-order chi connectivity index (χ0) is 16.6. The molecule has 1 aromatic rings. The molecule has 1 amide bonds. The highest BCUT2D eigenvalue weighted by Gasteiger charge is 2.21. The Balaban J connectivity index is 0.00000484. The van der Waals surface area contributed by atoms with E-state index in [4.69, 9.17) is 0 Å². The molecule has 0 aromatic carbocycles. The topological polar surface area (TPSA) is 56.7 Å². The van der Waals surface area contributed by atoms with Crippen molar-refractivity contribution < 1.29 is 4.79 Å². The van der Waals surface area contributed by atoms with Gasteiger partial charge < -0.3 is 15.5 Å². The minimum atomic E-state index is 0. The van der Waals surface area contributed by atoms with Gasteiger partial charge in [-0.25, -0.2) is 0 Å². The number of nitrogens with zero attached hydrogens (tertiary/aromatic N) is 2. The number of carbonyl (C=O) groups is 1. The molecule has 0 spiro atoms. The second-order valence-corrected chi connectivity index (χ2v) is 6.97. The lowest BCUT2D eigenvalue weighted by Gasteiger charge is -2.22. The van der Waals surface area contributed by atoms with Crippen molar-refractivity contribution in [1.29, 1.82) is 0 Å². The van der Waals surface area contributed by atoms with Gasteiger partial charge in [0.25, 0.3) is 0 Å². The van der Waals surface area contributed by atoms with E-state index < -0.39 is 0 Å². The van der Waals surface area contributed by atoms with E-state index >= 15 is 0 Å². The predicted octanol–water partition coefficient (Wildman–Crippen LogP) is 2.68. The van der Waals surface area contributed by atoms with Gasteiger partial charge >= 0.3 is 0 Å². The van der Waals surface area contributed by atoms with E-state index in [0.29, 0.717) is 19.5 Å². The Labute approximate surface area is 161 Å². The maximum Gasteiger partial charge on any atom is 0.223 e.